The molecule has 0 saturated carbocycles. The van der Waals surface area contributed by atoms with Crippen LogP contribution in [0.1, 0.15) is 6.92 Å². The quantitative estimate of drug-likeness (QED) is 0.573. The lowest BCUT2D eigenvalue weighted by atomic mass is 10.2. The smallest absolute Gasteiger partial charge is 0.331 e. The molecule has 1 aromatic carbocycles. The Balaban J connectivity index is 1.80. The summed E-state index contributed by atoms with van der Waals surface area (Å²) < 4.78 is 12.7. The first-order valence-electron chi connectivity index (χ1n) is 9.15. The Morgan fingerprint density at radius 2 is 1.90 bits per heavy atom. The Morgan fingerprint density at radius 3 is 2.59 bits per heavy atom. The standard InChI is InChI=1S/C20H22N4O5/c1-3-23-19(26)15-6-4-5-7-16(15)24(20(23)27)13-17(25)22-14-8-9-18(21-12-14)29-11-10-28-2/h4-9,12H,3,10-11,13H2,1-2H3,(H,22,25). The zero-order valence-electron chi connectivity index (χ0n) is 16.3. The molecular formula is C20H22N4O5. The predicted octanol–water partition coefficient (Wildman–Crippen LogP) is 1.24. The third kappa shape index (κ3) is 4.52. The first-order chi connectivity index (χ1) is 14.0. The van der Waals surface area contributed by atoms with Gasteiger partial charge in [-0.3, -0.25) is 18.7 Å². The molecule has 0 unspecified atom stereocenters. The average Bonchev–Trinajstić information content (AvgIpc) is 2.73. The summed E-state index contributed by atoms with van der Waals surface area (Å²) in [4.78, 5) is 41.8. The molecule has 0 bridgehead atoms. The number of fused-ring (bicyclic) bond motifs is 1. The molecule has 1 amide bonds. The molecule has 152 valence electrons. The second-order valence-electron chi connectivity index (χ2n) is 6.21. The van der Waals surface area contributed by atoms with E-state index in [1.807, 2.05) is 0 Å². The van der Waals surface area contributed by atoms with Crippen molar-refractivity contribution in [1.82, 2.24) is 14.1 Å². The van der Waals surface area contributed by atoms with Gasteiger partial charge in [0.15, 0.2) is 0 Å². The van der Waals surface area contributed by atoms with Gasteiger partial charge in [0, 0.05) is 19.7 Å². The van der Waals surface area contributed by atoms with E-state index in [1.165, 1.54) is 10.8 Å². The molecular weight excluding hydrogens is 376 g/mol. The van der Waals surface area contributed by atoms with Crippen LogP contribution in [0.4, 0.5) is 5.69 Å². The highest BCUT2D eigenvalue weighted by atomic mass is 16.5. The number of anilines is 1. The molecule has 3 rings (SSSR count). The normalized spacial score (nSPS) is 10.8. The van der Waals surface area contributed by atoms with E-state index in [0.29, 0.717) is 35.7 Å². The molecule has 0 radical (unpaired) electrons. The number of amides is 1. The predicted molar refractivity (Wildman–Crippen MR) is 108 cm³/mol. The summed E-state index contributed by atoms with van der Waals surface area (Å²) >= 11 is 0. The molecule has 0 atom stereocenters. The van der Waals surface area contributed by atoms with Gasteiger partial charge in [0.2, 0.25) is 11.8 Å². The molecule has 1 N–H and O–H groups in total. The second kappa shape index (κ2) is 9.16. The number of hydrogen-bond donors (Lipinski definition) is 1. The average molecular weight is 398 g/mol. The van der Waals surface area contributed by atoms with Crippen LogP contribution in [0.3, 0.4) is 0 Å². The number of nitrogens with zero attached hydrogens (tertiary/aromatic N) is 3. The summed E-state index contributed by atoms with van der Waals surface area (Å²) in [5, 5.41) is 3.09. The van der Waals surface area contributed by atoms with Crippen molar-refractivity contribution >= 4 is 22.5 Å². The van der Waals surface area contributed by atoms with Crippen LogP contribution in [-0.4, -0.2) is 40.3 Å². The van der Waals surface area contributed by atoms with Gasteiger partial charge in [-0.05, 0) is 25.1 Å². The van der Waals surface area contributed by atoms with Crippen molar-refractivity contribution in [3.63, 3.8) is 0 Å². The summed E-state index contributed by atoms with van der Waals surface area (Å²) in [6, 6.07) is 10.0. The third-order valence-electron chi connectivity index (χ3n) is 4.31. The summed E-state index contributed by atoms with van der Waals surface area (Å²) in [5.41, 5.74) is 0.00186. The molecule has 29 heavy (non-hydrogen) atoms. The maximum Gasteiger partial charge on any atom is 0.331 e. The number of aromatic nitrogens is 3. The van der Waals surface area contributed by atoms with Gasteiger partial charge >= 0.3 is 5.69 Å². The molecule has 9 heteroatoms. The van der Waals surface area contributed by atoms with Crippen LogP contribution in [-0.2, 0) is 22.6 Å². The summed E-state index contributed by atoms with van der Waals surface area (Å²) in [7, 11) is 1.58. The molecule has 0 aliphatic carbocycles. The van der Waals surface area contributed by atoms with Gasteiger partial charge in [-0.15, -0.1) is 0 Å². The van der Waals surface area contributed by atoms with Crippen molar-refractivity contribution in [2.24, 2.45) is 0 Å². The molecule has 2 heterocycles. The fourth-order valence-corrected chi connectivity index (χ4v) is 2.92. The van der Waals surface area contributed by atoms with Crippen molar-refractivity contribution in [1.29, 1.82) is 0 Å². The summed E-state index contributed by atoms with van der Waals surface area (Å²) in [6.07, 6.45) is 1.47. The van der Waals surface area contributed by atoms with E-state index in [4.69, 9.17) is 9.47 Å². The molecule has 0 spiro atoms. The fraction of sp³-hybridized carbons (Fsp3) is 0.300. The Hall–Kier alpha value is -3.46. The van der Waals surface area contributed by atoms with Gasteiger partial charge < -0.3 is 14.8 Å². The Labute approximate surface area is 166 Å². The minimum absolute atomic E-state index is 0.221. The minimum atomic E-state index is -0.522. The topological polar surface area (TPSA) is 104 Å². The fourth-order valence-electron chi connectivity index (χ4n) is 2.92. The second-order valence-corrected chi connectivity index (χ2v) is 6.21. The van der Waals surface area contributed by atoms with Gasteiger partial charge in [0.25, 0.3) is 5.56 Å². The van der Waals surface area contributed by atoms with Gasteiger partial charge in [-0.25, -0.2) is 9.78 Å². The minimum Gasteiger partial charge on any atom is -0.475 e. The zero-order valence-corrected chi connectivity index (χ0v) is 16.3. The first-order valence-corrected chi connectivity index (χ1v) is 9.15. The van der Waals surface area contributed by atoms with Crippen LogP contribution >= 0.6 is 0 Å². The SMILES string of the molecule is CCn1c(=O)c2ccccc2n(CC(=O)Nc2ccc(OCCOC)nc2)c1=O. The molecule has 3 aromatic rings. The van der Waals surface area contributed by atoms with Crippen molar-refractivity contribution in [3.8, 4) is 5.88 Å². The maximum atomic E-state index is 12.7. The van der Waals surface area contributed by atoms with Gasteiger partial charge in [0.1, 0.15) is 13.2 Å². The molecule has 0 aliphatic heterocycles. The van der Waals surface area contributed by atoms with E-state index in [0.717, 1.165) is 4.57 Å². The number of carbonyl (C=O) groups excluding carboxylic acids is 1. The van der Waals surface area contributed by atoms with Crippen LogP contribution in [0.5, 0.6) is 5.88 Å². The lowest BCUT2D eigenvalue weighted by Crippen LogP contribution is -2.41. The Kier molecular flexibility index (Phi) is 6.40. The Morgan fingerprint density at radius 1 is 1.10 bits per heavy atom. The summed E-state index contributed by atoms with van der Waals surface area (Å²) in [6.45, 7) is 2.52. The van der Waals surface area contributed by atoms with E-state index in [-0.39, 0.29) is 18.6 Å². The molecule has 9 nitrogen and oxygen atoms in total. The lowest BCUT2D eigenvalue weighted by Gasteiger charge is -2.13. The summed E-state index contributed by atoms with van der Waals surface area (Å²) in [5.74, 6) is 0.00527. The molecule has 0 saturated heterocycles. The van der Waals surface area contributed by atoms with Crippen LogP contribution in [0.15, 0.2) is 52.2 Å². The van der Waals surface area contributed by atoms with Crippen LogP contribution in [0, 0.1) is 0 Å². The number of hydrogen-bond acceptors (Lipinski definition) is 6. The number of pyridine rings is 1. The molecule has 2 aromatic heterocycles. The number of ether oxygens (including phenoxy) is 2. The van der Waals surface area contributed by atoms with E-state index in [1.54, 1.807) is 50.4 Å². The van der Waals surface area contributed by atoms with Crippen molar-refractivity contribution in [2.75, 3.05) is 25.6 Å². The number of benzene rings is 1. The van der Waals surface area contributed by atoms with Gasteiger partial charge in [-0.2, -0.15) is 0 Å². The van der Waals surface area contributed by atoms with Crippen LogP contribution in [0.2, 0.25) is 0 Å². The molecule has 0 fully saturated rings. The van der Waals surface area contributed by atoms with E-state index in [9.17, 15) is 14.4 Å². The highest BCUT2D eigenvalue weighted by molar-refractivity contribution is 5.91. The monoisotopic (exact) mass is 398 g/mol. The number of nitrogens with one attached hydrogen (secondary N) is 1. The van der Waals surface area contributed by atoms with Gasteiger partial charge in [0.05, 0.1) is 29.4 Å². The van der Waals surface area contributed by atoms with E-state index in [2.05, 4.69) is 10.3 Å². The lowest BCUT2D eigenvalue weighted by molar-refractivity contribution is -0.116. The van der Waals surface area contributed by atoms with Crippen molar-refractivity contribution in [3.05, 3.63) is 63.4 Å². The number of carbonyl (C=O) groups is 1. The maximum absolute atomic E-state index is 12.7. The van der Waals surface area contributed by atoms with Gasteiger partial charge in [-0.1, -0.05) is 12.1 Å². The van der Waals surface area contributed by atoms with Crippen molar-refractivity contribution < 1.29 is 14.3 Å². The van der Waals surface area contributed by atoms with E-state index >= 15 is 0 Å². The molecule has 0 aliphatic rings. The number of para-hydroxylation sites is 1. The van der Waals surface area contributed by atoms with Crippen LogP contribution < -0.4 is 21.3 Å². The highest BCUT2D eigenvalue weighted by Crippen LogP contribution is 2.12. The first kappa shape index (κ1) is 20.3. The largest absolute Gasteiger partial charge is 0.475 e. The number of rotatable bonds is 8. The van der Waals surface area contributed by atoms with Crippen LogP contribution in [0.25, 0.3) is 10.9 Å². The third-order valence-corrected chi connectivity index (χ3v) is 4.31. The Bertz CT molecular complexity index is 1120. The zero-order chi connectivity index (χ0) is 20.8. The van der Waals surface area contributed by atoms with Crippen molar-refractivity contribution in [2.45, 2.75) is 20.0 Å². The van der Waals surface area contributed by atoms with E-state index < -0.39 is 11.6 Å². The number of methoxy groups -OCH3 is 1. The highest BCUT2D eigenvalue weighted by Gasteiger charge is 2.14.